The molecule has 1 aliphatic rings. The summed E-state index contributed by atoms with van der Waals surface area (Å²) in [5.41, 5.74) is 0.333. The number of benzene rings is 4. The van der Waals surface area contributed by atoms with E-state index >= 15 is 17.6 Å². The number of hydrogen-bond acceptors (Lipinski definition) is 4. The highest BCUT2D eigenvalue weighted by atomic mass is 79.9. The predicted molar refractivity (Wildman–Crippen MR) is 174 cm³/mol. The van der Waals surface area contributed by atoms with Crippen LogP contribution in [0.1, 0.15) is 50.4 Å². The molecule has 0 fully saturated rings. The zero-order valence-corrected chi connectivity index (χ0v) is 28.1. The fraction of sp³-hybridized carbons (Fsp3) is 0.314. The SMILES string of the molecule is C[C@@H]1Cc2cc(O)c(O)cc2C(c2c(F)cc(Br)cc2F)N1CC(F)(F)CO[Si](c1ccccc1)(c1ccccc1)C(C)(C)C. The Hall–Kier alpha value is -3.18. The summed E-state index contributed by atoms with van der Waals surface area (Å²) in [4.78, 5) is 1.36. The normalized spacial score (nSPS) is 17.7. The largest absolute Gasteiger partial charge is 0.504 e. The highest BCUT2D eigenvalue weighted by molar-refractivity contribution is 9.10. The second-order valence-corrected chi connectivity index (χ2v) is 18.0. The molecule has 0 amide bonds. The minimum atomic E-state index is -3.45. The Kier molecular flexibility index (Phi) is 9.25. The molecule has 0 saturated carbocycles. The zero-order chi connectivity index (χ0) is 32.7. The van der Waals surface area contributed by atoms with E-state index < -0.39 is 73.2 Å². The maximum absolute atomic E-state index is 16.4. The van der Waals surface area contributed by atoms with Gasteiger partial charge in [-0.25, -0.2) is 17.6 Å². The summed E-state index contributed by atoms with van der Waals surface area (Å²) < 4.78 is 70.5. The van der Waals surface area contributed by atoms with Crippen molar-refractivity contribution in [1.82, 2.24) is 4.90 Å². The Bertz CT molecular complexity index is 1600. The fourth-order valence-electron chi connectivity index (χ4n) is 6.61. The number of halogens is 5. The summed E-state index contributed by atoms with van der Waals surface area (Å²) in [6, 6.07) is 21.7. The third kappa shape index (κ3) is 6.43. The topological polar surface area (TPSA) is 52.9 Å². The van der Waals surface area contributed by atoms with Gasteiger partial charge in [0.2, 0.25) is 0 Å². The Morgan fingerprint density at radius 2 is 1.38 bits per heavy atom. The summed E-state index contributed by atoms with van der Waals surface area (Å²) in [6.07, 6.45) is 0.213. The Balaban J connectivity index is 1.57. The van der Waals surface area contributed by atoms with Crippen molar-refractivity contribution in [3.05, 3.63) is 118 Å². The molecule has 1 heterocycles. The number of nitrogens with zero attached hydrogens (tertiary/aromatic N) is 1. The van der Waals surface area contributed by atoms with Crippen LogP contribution in [0.2, 0.25) is 5.04 Å². The molecule has 4 nitrogen and oxygen atoms in total. The van der Waals surface area contributed by atoms with Gasteiger partial charge in [0.25, 0.3) is 14.2 Å². The molecule has 1 aliphatic heterocycles. The molecular weight excluding hydrogens is 666 g/mol. The molecule has 4 aromatic carbocycles. The van der Waals surface area contributed by atoms with Gasteiger partial charge in [-0.05, 0) is 64.1 Å². The van der Waals surface area contributed by atoms with E-state index in [0.717, 1.165) is 22.5 Å². The van der Waals surface area contributed by atoms with Crippen molar-refractivity contribution >= 4 is 34.6 Å². The number of alkyl halides is 2. The van der Waals surface area contributed by atoms with E-state index in [2.05, 4.69) is 15.9 Å². The average molecular weight is 703 g/mol. The number of phenols is 2. The Morgan fingerprint density at radius 1 is 0.867 bits per heavy atom. The summed E-state index contributed by atoms with van der Waals surface area (Å²) in [6.45, 7) is 5.91. The van der Waals surface area contributed by atoms with E-state index in [4.69, 9.17) is 4.43 Å². The average Bonchev–Trinajstić information content (AvgIpc) is 2.96. The monoisotopic (exact) mass is 701 g/mol. The first-order valence-corrected chi connectivity index (χ1v) is 17.4. The van der Waals surface area contributed by atoms with Crippen LogP contribution in [-0.4, -0.2) is 48.5 Å². The molecule has 238 valence electrons. The van der Waals surface area contributed by atoms with Crippen molar-refractivity contribution in [1.29, 1.82) is 0 Å². The van der Waals surface area contributed by atoms with E-state index in [1.165, 1.54) is 17.0 Å². The molecule has 0 aromatic heterocycles. The van der Waals surface area contributed by atoms with Gasteiger partial charge in [-0.1, -0.05) is 97.4 Å². The lowest BCUT2D eigenvalue weighted by atomic mass is 9.84. The number of fused-ring (bicyclic) bond motifs is 1. The first-order chi connectivity index (χ1) is 21.1. The first-order valence-electron chi connectivity index (χ1n) is 14.7. The van der Waals surface area contributed by atoms with Crippen LogP contribution in [0, 0.1) is 11.6 Å². The third-order valence-electron chi connectivity index (χ3n) is 8.59. The van der Waals surface area contributed by atoms with Crippen LogP contribution in [0.15, 0.2) is 89.4 Å². The van der Waals surface area contributed by atoms with E-state index in [-0.39, 0.29) is 16.5 Å². The van der Waals surface area contributed by atoms with E-state index in [9.17, 15) is 10.2 Å². The summed E-state index contributed by atoms with van der Waals surface area (Å²) in [7, 11) is -3.30. The van der Waals surface area contributed by atoms with Crippen molar-refractivity contribution < 1.29 is 32.2 Å². The van der Waals surface area contributed by atoms with Gasteiger partial charge in [0.1, 0.15) is 11.6 Å². The van der Waals surface area contributed by atoms with E-state index in [0.29, 0.717) is 5.56 Å². The van der Waals surface area contributed by atoms with Crippen LogP contribution in [-0.2, 0) is 10.8 Å². The number of aromatic hydroxyl groups is 2. The van der Waals surface area contributed by atoms with Gasteiger partial charge in [-0.15, -0.1) is 0 Å². The van der Waals surface area contributed by atoms with Gasteiger partial charge in [-0.3, -0.25) is 4.90 Å². The Labute approximate surface area is 270 Å². The van der Waals surface area contributed by atoms with Gasteiger partial charge in [0.15, 0.2) is 11.5 Å². The fourth-order valence-corrected chi connectivity index (χ4v) is 11.6. The number of rotatable bonds is 8. The second kappa shape index (κ2) is 12.5. The molecule has 0 bridgehead atoms. The van der Waals surface area contributed by atoms with E-state index in [1.54, 1.807) is 6.92 Å². The minimum absolute atomic E-state index is 0.162. The lowest BCUT2D eigenvalue weighted by molar-refractivity contribution is -0.0823. The second-order valence-electron chi connectivity index (χ2n) is 12.8. The van der Waals surface area contributed by atoms with Crippen LogP contribution in [0.25, 0.3) is 0 Å². The molecule has 2 atom stereocenters. The minimum Gasteiger partial charge on any atom is -0.504 e. The van der Waals surface area contributed by atoms with Crippen LogP contribution < -0.4 is 10.4 Å². The number of hydrogen-bond donors (Lipinski definition) is 2. The van der Waals surface area contributed by atoms with Crippen LogP contribution in [0.4, 0.5) is 17.6 Å². The molecule has 0 aliphatic carbocycles. The molecule has 10 heteroatoms. The van der Waals surface area contributed by atoms with Gasteiger partial charge in [-0.2, -0.15) is 0 Å². The van der Waals surface area contributed by atoms with Crippen molar-refractivity contribution in [3.63, 3.8) is 0 Å². The molecule has 45 heavy (non-hydrogen) atoms. The quantitative estimate of drug-likeness (QED) is 0.112. The molecule has 2 N–H and O–H groups in total. The first kappa shape index (κ1) is 33.2. The van der Waals surface area contributed by atoms with Crippen molar-refractivity contribution in [2.24, 2.45) is 0 Å². The van der Waals surface area contributed by atoms with Gasteiger partial charge >= 0.3 is 0 Å². The highest BCUT2D eigenvalue weighted by Crippen LogP contribution is 2.45. The maximum Gasteiger partial charge on any atom is 0.282 e. The Morgan fingerprint density at radius 3 is 1.89 bits per heavy atom. The molecule has 0 spiro atoms. The van der Waals surface area contributed by atoms with Gasteiger partial charge < -0.3 is 14.6 Å². The smallest absolute Gasteiger partial charge is 0.282 e. The maximum atomic E-state index is 16.4. The molecule has 0 saturated heterocycles. The van der Waals surface area contributed by atoms with Crippen LogP contribution in [0.3, 0.4) is 0 Å². The predicted octanol–water partition coefficient (Wildman–Crippen LogP) is 7.69. The van der Waals surface area contributed by atoms with Crippen molar-refractivity contribution in [3.8, 4) is 11.5 Å². The molecule has 5 rings (SSSR count). The third-order valence-corrected chi connectivity index (χ3v) is 14.0. The lowest BCUT2D eigenvalue weighted by Crippen LogP contribution is -2.67. The summed E-state index contributed by atoms with van der Waals surface area (Å²) >= 11 is 3.09. The van der Waals surface area contributed by atoms with Crippen molar-refractivity contribution in [2.75, 3.05) is 13.2 Å². The van der Waals surface area contributed by atoms with Crippen LogP contribution in [0.5, 0.6) is 11.5 Å². The number of phenolic OH excluding ortho intramolecular Hbond substituents is 2. The van der Waals surface area contributed by atoms with E-state index in [1.807, 2.05) is 81.4 Å². The van der Waals surface area contributed by atoms with Gasteiger partial charge in [0, 0.05) is 16.1 Å². The zero-order valence-electron chi connectivity index (χ0n) is 25.5. The summed E-state index contributed by atoms with van der Waals surface area (Å²) in [5, 5.41) is 21.7. The highest BCUT2D eigenvalue weighted by Gasteiger charge is 2.52. The standard InChI is InChI=1S/C35H36BrF4NO3Si/c1-22-15-23-16-30(42)31(43)19-27(23)33(32-28(37)17-24(36)18-29(32)38)41(22)20-35(39,40)21-44-45(34(2,3)4,25-11-7-5-8-12-25)26-13-9-6-10-14-26/h5-14,16-19,22,33,42-43H,15,20-21H2,1-4H3/t22-,33?/m1/s1. The van der Waals surface area contributed by atoms with Crippen molar-refractivity contribution in [2.45, 2.75) is 57.2 Å². The molecule has 1 unspecified atom stereocenters. The molecule has 0 radical (unpaired) electrons. The van der Waals surface area contributed by atoms with Crippen LogP contribution >= 0.6 is 15.9 Å². The summed E-state index contributed by atoms with van der Waals surface area (Å²) in [5.74, 6) is -6.19. The molecule has 4 aromatic rings. The molecular formula is C35H36BrF4NO3Si. The lowest BCUT2D eigenvalue weighted by Gasteiger charge is -2.46. The van der Waals surface area contributed by atoms with Gasteiger partial charge in [0.05, 0.1) is 19.2 Å².